The second-order valence-corrected chi connectivity index (χ2v) is 9.93. The van der Waals surface area contributed by atoms with Crippen LogP contribution in [0.1, 0.15) is 39.5 Å². The van der Waals surface area contributed by atoms with Gasteiger partial charge in [0.05, 0.1) is 10.9 Å². The number of halogens is 3. The van der Waals surface area contributed by atoms with E-state index in [2.05, 4.69) is 26.7 Å². The second-order valence-electron chi connectivity index (χ2n) is 9.93. The summed E-state index contributed by atoms with van der Waals surface area (Å²) in [6.07, 6.45) is -1.24. The van der Waals surface area contributed by atoms with Crippen LogP contribution in [0.15, 0.2) is 60.9 Å². The first kappa shape index (κ1) is 26.9. The lowest BCUT2D eigenvalue weighted by Crippen LogP contribution is -2.45. The maximum atomic E-state index is 14.0. The topological polar surface area (TPSA) is 61.5 Å². The van der Waals surface area contributed by atoms with Crippen LogP contribution in [0.3, 0.4) is 0 Å². The molecule has 1 N–H and O–H groups in total. The minimum absolute atomic E-state index is 0.141. The average Bonchev–Trinajstić information content (AvgIpc) is 3.40. The highest BCUT2D eigenvalue weighted by Gasteiger charge is 2.34. The quantitative estimate of drug-likeness (QED) is 0.270. The number of likely N-dealkylation sites (N-methyl/N-ethyl adjacent to an activating group) is 1. The van der Waals surface area contributed by atoms with Crippen molar-refractivity contribution in [2.45, 2.75) is 33.0 Å². The predicted molar refractivity (Wildman–Crippen MR) is 144 cm³/mol. The van der Waals surface area contributed by atoms with Crippen LogP contribution < -0.4 is 4.74 Å². The number of H-pyrrole nitrogens is 1. The molecule has 0 unspecified atom stereocenters. The largest absolute Gasteiger partial charge is 0.456 e. The van der Waals surface area contributed by atoms with E-state index < -0.39 is 11.7 Å². The molecule has 0 saturated carbocycles. The van der Waals surface area contributed by atoms with E-state index in [9.17, 15) is 18.0 Å². The molecular formula is C30H31F3N4O2. The maximum Gasteiger partial charge on any atom is 0.416 e. The Balaban J connectivity index is 1.33. The Morgan fingerprint density at radius 1 is 1.00 bits per heavy atom. The van der Waals surface area contributed by atoms with Gasteiger partial charge in [-0.05, 0) is 54.4 Å². The van der Waals surface area contributed by atoms with Crippen molar-refractivity contribution < 1.29 is 22.7 Å². The SMILES string of the molecule is CCN1CCN(Cc2ccc(CC(=O)c3ccc(C)c(Oc4ccnc5[nH]ccc45)c3)cc2C(F)(F)F)CC1. The van der Waals surface area contributed by atoms with E-state index in [4.69, 9.17) is 4.74 Å². The first-order valence-corrected chi connectivity index (χ1v) is 13.1. The molecule has 2 aromatic heterocycles. The van der Waals surface area contributed by atoms with E-state index in [1.165, 1.54) is 6.07 Å². The van der Waals surface area contributed by atoms with Crippen molar-refractivity contribution >= 4 is 16.8 Å². The number of carbonyl (C=O) groups excluding carboxylic acids is 1. The number of piperazine rings is 1. The van der Waals surface area contributed by atoms with Gasteiger partial charge in [0.25, 0.3) is 0 Å². The maximum absolute atomic E-state index is 14.0. The molecule has 1 saturated heterocycles. The third-order valence-electron chi connectivity index (χ3n) is 7.30. The van der Waals surface area contributed by atoms with Crippen LogP contribution in [-0.4, -0.2) is 58.3 Å². The highest BCUT2D eigenvalue weighted by atomic mass is 19.4. The van der Waals surface area contributed by atoms with Crippen LogP contribution >= 0.6 is 0 Å². The first-order valence-electron chi connectivity index (χ1n) is 13.1. The fourth-order valence-electron chi connectivity index (χ4n) is 4.95. The van der Waals surface area contributed by atoms with Gasteiger partial charge in [0, 0.05) is 57.1 Å². The molecule has 0 aliphatic carbocycles. The Hall–Kier alpha value is -3.69. The number of hydrogen-bond donors (Lipinski definition) is 1. The van der Waals surface area contributed by atoms with Crippen LogP contribution in [0.4, 0.5) is 13.2 Å². The van der Waals surface area contributed by atoms with Crippen molar-refractivity contribution in [3.8, 4) is 11.5 Å². The molecule has 1 aliphatic rings. The third kappa shape index (κ3) is 6.15. The molecule has 0 bridgehead atoms. The number of nitrogens with one attached hydrogen (secondary N) is 1. The number of hydrogen-bond acceptors (Lipinski definition) is 5. The highest BCUT2D eigenvalue weighted by molar-refractivity contribution is 5.98. The Kier molecular flexibility index (Phi) is 7.72. The fraction of sp³-hybridized carbons (Fsp3) is 0.333. The molecule has 0 radical (unpaired) electrons. The van der Waals surface area contributed by atoms with Gasteiger partial charge in [-0.2, -0.15) is 13.2 Å². The van der Waals surface area contributed by atoms with Crippen LogP contribution in [0.2, 0.25) is 0 Å². The number of rotatable bonds is 8. The monoisotopic (exact) mass is 536 g/mol. The summed E-state index contributed by atoms with van der Waals surface area (Å²) in [5, 5.41) is 0.806. The molecule has 0 atom stereocenters. The number of Topliss-reactive ketones (excluding diaryl/α,β-unsaturated/α-hetero) is 1. The molecule has 2 aromatic carbocycles. The van der Waals surface area contributed by atoms with Gasteiger partial charge < -0.3 is 14.6 Å². The molecule has 3 heterocycles. The summed E-state index contributed by atoms with van der Waals surface area (Å²) in [7, 11) is 0. The van der Waals surface area contributed by atoms with E-state index >= 15 is 0 Å². The van der Waals surface area contributed by atoms with Crippen molar-refractivity contribution in [1.29, 1.82) is 0 Å². The molecule has 0 amide bonds. The summed E-state index contributed by atoms with van der Waals surface area (Å²) in [6.45, 7) is 8.31. The van der Waals surface area contributed by atoms with E-state index in [1.807, 2.05) is 13.0 Å². The lowest BCUT2D eigenvalue weighted by molar-refractivity contribution is -0.138. The normalized spacial score (nSPS) is 15.1. The van der Waals surface area contributed by atoms with Crippen molar-refractivity contribution in [1.82, 2.24) is 19.8 Å². The Morgan fingerprint density at radius 2 is 1.77 bits per heavy atom. The number of ketones is 1. The van der Waals surface area contributed by atoms with Gasteiger partial charge in [0.2, 0.25) is 0 Å². The fourth-order valence-corrected chi connectivity index (χ4v) is 4.95. The van der Waals surface area contributed by atoms with Crippen LogP contribution in [0.5, 0.6) is 11.5 Å². The minimum Gasteiger partial charge on any atom is -0.456 e. The van der Waals surface area contributed by atoms with Gasteiger partial charge in [-0.1, -0.05) is 31.2 Å². The van der Waals surface area contributed by atoms with Gasteiger partial charge in [-0.3, -0.25) is 9.69 Å². The Morgan fingerprint density at radius 3 is 2.51 bits per heavy atom. The molecule has 39 heavy (non-hydrogen) atoms. The van der Waals surface area contributed by atoms with Crippen molar-refractivity contribution in [3.63, 3.8) is 0 Å². The Labute approximate surface area is 225 Å². The molecule has 1 fully saturated rings. The van der Waals surface area contributed by atoms with Crippen molar-refractivity contribution in [2.24, 2.45) is 0 Å². The Bertz CT molecular complexity index is 1470. The average molecular weight is 537 g/mol. The van der Waals surface area contributed by atoms with Crippen LogP contribution in [-0.2, 0) is 19.1 Å². The highest BCUT2D eigenvalue weighted by Crippen LogP contribution is 2.34. The van der Waals surface area contributed by atoms with Gasteiger partial charge in [0.15, 0.2) is 5.78 Å². The summed E-state index contributed by atoms with van der Waals surface area (Å²) < 4.78 is 48.2. The van der Waals surface area contributed by atoms with Crippen molar-refractivity contribution in [2.75, 3.05) is 32.7 Å². The van der Waals surface area contributed by atoms with Gasteiger partial charge >= 0.3 is 6.18 Å². The zero-order chi connectivity index (χ0) is 27.6. The number of aromatic amines is 1. The van der Waals surface area contributed by atoms with E-state index in [0.29, 0.717) is 28.3 Å². The number of alkyl halides is 3. The van der Waals surface area contributed by atoms with Gasteiger partial charge in [-0.25, -0.2) is 4.98 Å². The summed E-state index contributed by atoms with van der Waals surface area (Å²) in [6, 6.07) is 13.0. The molecule has 204 valence electrons. The number of nitrogens with zero attached hydrogens (tertiary/aromatic N) is 3. The lowest BCUT2D eigenvalue weighted by Gasteiger charge is -2.34. The number of aryl methyl sites for hydroxylation is 1. The van der Waals surface area contributed by atoms with E-state index in [0.717, 1.165) is 49.7 Å². The van der Waals surface area contributed by atoms with Gasteiger partial charge in [0.1, 0.15) is 17.1 Å². The van der Waals surface area contributed by atoms with E-state index in [1.54, 1.807) is 42.7 Å². The summed E-state index contributed by atoms with van der Waals surface area (Å²) in [5.41, 5.74) is 1.79. The zero-order valence-electron chi connectivity index (χ0n) is 22.0. The third-order valence-corrected chi connectivity index (χ3v) is 7.30. The molecule has 5 rings (SSSR count). The van der Waals surface area contributed by atoms with Crippen molar-refractivity contribution in [3.05, 3.63) is 88.7 Å². The van der Waals surface area contributed by atoms with E-state index in [-0.39, 0.29) is 24.3 Å². The minimum atomic E-state index is -4.50. The number of carbonyl (C=O) groups is 1. The summed E-state index contributed by atoms with van der Waals surface area (Å²) >= 11 is 0. The number of pyridine rings is 1. The smallest absolute Gasteiger partial charge is 0.416 e. The summed E-state index contributed by atoms with van der Waals surface area (Å²) in [4.78, 5) is 24.8. The molecule has 4 aromatic rings. The summed E-state index contributed by atoms with van der Waals surface area (Å²) in [5.74, 6) is 0.817. The molecule has 6 nitrogen and oxygen atoms in total. The molecule has 0 spiro atoms. The number of aromatic nitrogens is 2. The van der Waals surface area contributed by atoms with Crippen LogP contribution in [0, 0.1) is 6.92 Å². The second kappa shape index (κ2) is 11.2. The number of fused-ring (bicyclic) bond motifs is 1. The number of ether oxygens (including phenoxy) is 1. The standard InChI is InChI=1S/C30H31F3N4O2/c1-3-36-12-14-37(15-13-36)19-23-7-5-21(16-25(23)30(31,32)33)17-26(38)22-6-4-20(2)28(18-22)39-27-9-11-35-29-24(27)8-10-34-29/h4-11,16,18H,3,12-15,17,19H2,1-2H3,(H,34,35). The molecule has 9 heteroatoms. The zero-order valence-corrected chi connectivity index (χ0v) is 22.0. The molecular weight excluding hydrogens is 505 g/mol. The number of benzene rings is 2. The van der Waals surface area contributed by atoms with Gasteiger partial charge in [-0.15, -0.1) is 0 Å². The lowest BCUT2D eigenvalue weighted by atomic mass is 9.97. The first-order chi connectivity index (χ1) is 18.7. The molecule has 1 aliphatic heterocycles. The van der Waals surface area contributed by atoms with Crippen LogP contribution in [0.25, 0.3) is 11.0 Å². The predicted octanol–water partition coefficient (Wildman–Crippen LogP) is 6.25.